The lowest BCUT2D eigenvalue weighted by molar-refractivity contribution is 0.205. The van der Waals surface area contributed by atoms with Crippen LogP contribution in [0.2, 0.25) is 0 Å². The predicted octanol–water partition coefficient (Wildman–Crippen LogP) is 4.51. The van der Waals surface area contributed by atoms with Gasteiger partial charge in [0.05, 0.1) is 17.4 Å². The largest absolute Gasteiger partial charge is 0.359 e. The SMILES string of the molecule is Cc1cc(C2CCCN2Cc2csc(-c3ccsc3)n2)on1. The number of nitrogens with zero attached hydrogens (tertiary/aromatic N) is 3. The molecule has 1 atom stereocenters. The molecule has 114 valence electrons. The minimum Gasteiger partial charge on any atom is -0.359 e. The fraction of sp³-hybridized carbons (Fsp3) is 0.375. The van der Waals surface area contributed by atoms with Crippen LogP contribution in [-0.4, -0.2) is 21.6 Å². The zero-order valence-corrected chi connectivity index (χ0v) is 14.0. The highest BCUT2D eigenvalue weighted by molar-refractivity contribution is 7.14. The van der Waals surface area contributed by atoms with Gasteiger partial charge in [0.15, 0.2) is 5.76 Å². The summed E-state index contributed by atoms with van der Waals surface area (Å²) in [6.07, 6.45) is 2.34. The van der Waals surface area contributed by atoms with Crippen LogP contribution in [0.1, 0.15) is 36.0 Å². The Bertz CT molecular complexity index is 747. The van der Waals surface area contributed by atoms with Crippen LogP contribution in [0.3, 0.4) is 0 Å². The Morgan fingerprint density at radius 1 is 1.41 bits per heavy atom. The Kier molecular flexibility index (Phi) is 3.82. The summed E-state index contributed by atoms with van der Waals surface area (Å²) < 4.78 is 5.47. The molecule has 0 aliphatic carbocycles. The zero-order chi connectivity index (χ0) is 14.9. The van der Waals surface area contributed by atoms with E-state index in [0.29, 0.717) is 6.04 Å². The third-order valence-electron chi connectivity index (χ3n) is 4.02. The lowest BCUT2D eigenvalue weighted by atomic mass is 10.1. The van der Waals surface area contributed by atoms with E-state index in [2.05, 4.69) is 38.3 Å². The average molecular weight is 331 g/mol. The van der Waals surface area contributed by atoms with Crippen molar-refractivity contribution in [3.8, 4) is 10.6 Å². The molecule has 0 aromatic carbocycles. The van der Waals surface area contributed by atoms with Crippen molar-refractivity contribution in [1.82, 2.24) is 15.0 Å². The van der Waals surface area contributed by atoms with E-state index in [1.807, 2.05) is 6.92 Å². The Labute approximate surface area is 137 Å². The molecule has 1 fully saturated rings. The minimum atomic E-state index is 0.340. The summed E-state index contributed by atoms with van der Waals surface area (Å²) in [6.45, 7) is 3.95. The number of hydrogen-bond donors (Lipinski definition) is 0. The molecule has 3 aromatic heterocycles. The van der Waals surface area contributed by atoms with E-state index >= 15 is 0 Å². The van der Waals surface area contributed by atoms with Crippen molar-refractivity contribution in [1.29, 1.82) is 0 Å². The van der Waals surface area contributed by atoms with Crippen molar-refractivity contribution in [2.24, 2.45) is 0 Å². The van der Waals surface area contributed by atoms with Crippen LogP contribution in [0.4, 0.5) is 0 Å². The van der Waals surface area contributed by atoms with Crippen LogP contribution in [-0.2, 0) is 6.54 Å². The Morgan fingerprint density at radius 3 is 3.14 bits per heavy atom. The molecular formula is C16H17N3OS2. The van der Waals surface area contributed by atoms with Crippen molar-refractivity contribution in [3.05, 3.63) is 45.4 Å². The summed E-state index contributed by atoms with van der Waals surface area (Å²) in [5.41, 5.74) is 3.33. The van der Waals surface area contributed by atoms with E-state index in [1.54, 1.807) is 22.7 Å². The van der Waals surface area contributed by atoms with Crippen molar-refractivity contribution in [2.45, 2.75) is 32.4 Å². The molecule has 1 aliphatic heterocycles. The number of aromatic nitrogens is 2. The molecule has 0 radical (unpaired) electrons. The molecule has 0 amide bonds. The predicted molar refractivity (Wildman–Crippen MR) is 89.1 cm³/mol. The van der Waals surface area contributed by atoms with Gasteiger partial charge in [0.1, 0.15) is 5.01 Å². The Morgan fingerprint density at radius 2 is 2.36 bits per heavy atom. The van der Waals surface area contributed by atoms with Gasteiger partial charge in [-0.1, -0.05) is 5.16 Å². The summed E-state index contributed by atoms with van der Waals surface area (Å²) >= 11 is 3.44. The van der Waals surface area contributed by atoms with Crippen molar-refractivity contribution in [2.75, 3.05) is 6.54 Å². The maximum absolute atomic E-state index is 5.47. The second kappa shape index (κ2) is 5.95. The number of hydrogen-bond acceptors (Lipinski definition) is 6. The lowest BCUT2D eigenvalue weighted by Crippen LogP contribution is -2.22. The third-order valence-corrected chi connectivity index (χ3v) is 5.65. The monoisotopic (exact) mass is 331 g/mol. The number of rotatable bonds is 4. The molecule has 6 heteroatoms. The Balaban J connectivity index is 1.50. The molecule has 0 spiro atoms. The highest BCUT2D eigenvalue weighted by Gasteiger charge is 2.29. The maximum atomic E-state index is 5.47. The molecule has 0 bridgehead atoms. The van der Waals surface area contributed by atoms with E-state index in [-0.39, 0.29) is 0 Å². The van der Waals surface area contributed by atoms with Crippen LogP contribution in [0.15, 0.2) is 32.8 Å². The highest BCUT2D eigenvalue weighted by atomic mass is 32.1. The molecule has 3 aromatic rings. The van der Waals surface area contributed by atoms with Crippen molar-refractivity contribution >= 4 is 22.7 Å². The standard InChI is InChI=1S/C16H17N3OS2/c1-11-7-15(20-18-11)14-3-2-5-19(14)8-13-10-22-16(17-13)12-4-6-21-9-12/h4,6-7,9-10,14H,2-3,5,8H2,1H3. The molecule has 4 rings (SSSR count). The minimum absolute atomic E-state index is 0.340. The van der Waals surface area contributed by atoms with Gasteiger partial charge in [-0.05, 0) is 37.8 Å². The quantitative estimate of drug-likeness (QED) is 0.705. The van der Waals surface area contributed by atoms with Gasteiger partial charge >= 0.3 is 0 Å². The van der Waals surface area contributed by atoms with Crippen LogP contribution < -0.4 is 0 Å². The van der Waals surface area contributed by atoms with Gasteiger partial charge in [0.25, 0.3) is 0 Å². The summed E-state index contributed by atoms with van der Waals surface area (Å²) in [7, 11) is 0. The molecule has 4 heterocycles. The summed E-state index contributed by atoms with van der Waals surface area (Å²) in [5.74, 6) is 0.989. The van der Waals surface area contributed by atoms with E-state index in [1.165, 1.54) is 12.0 Å². The topological polar surface area (TPSA) is 42.2 Å². The first-order valence-corrected chi connectivity index (χ1v) is 9.26. The normalized spacial score (nSPS) is 19.0. The van der Waals surface area contributed by atoms with E-state index < -0.39 is 0 Å². The van der Waals surface area contributed by atoms with Crippen molar-refractivity contribution in [3.63, 3.8) is 0 Å². The second-order valence-corrected chi connectivity index (χ2v) is 7.29. The molecule has 22 heavy (non-hydrogen) atoms. The van der Waals surface area contributed by atoms with Crippen LogP contribution in [0, 0.1) is 6.92 Å². The van der Waals surface area contributed by atoms with Crippen molar-refractivity contribution < 1.29 is 4.52 Å². The highest BCUT2D eigenvalue weighted by Crippen LogP contribution is 2.34. The molecule has 1 unspecified atom stereocenters. The lowest BCUT2D eigenvalue weighted by Gasteiger charge is -2.21. The molecule has 4 nitrogen and oxygen atoms in total. The van der Waals surface area contributed by atoms with Gasteiger partial charge < -0.3 is 4.52 Å². The van der Waals surface area contributed by atoms with Gasteiger partial charge in [0.2, 0.25) is 0 Å². The fourth-order valence-electron chi connectivity index (χ4n) is 2.98. The summed E-state index contributed by atoms with van der Waals surface area (Å²) in [5, 5.41) is 11.6. The van der Waals surface area contributed by atoms with Crippen LogP contribution >= 0.6 is 22.7 Å². The summed E-state index contributed by atoms with van der Waals surface area (Å²) in [6, 6.07) is 4.52. The molecule has 0 saturated carbocycles. The van der Waals surface area contributed by atoms with Crippen LogP contribution in [0.25, 0.3) is 10.6 Å². The first kappa shape index (κ1) is 14.1. The van der Waals surface area contributed by atoms with E-state index in [9.17, 15) is 0 Å². The number of thiazole rings is 1. The van der Waals surface area contributed by atoms with Gasteiger partial charge in [-0.2, -0.15) is 11.3 Å². The molecular weight excluding hydrogens is 314 g/mol. The van der Waals surface area contributed by atoms with Gasteiger partial charge in [0, 0.05) is 28.9 Å². The smallest absolute Gasteiger partial charge is 0.154 e. The second-order valence-electron chi connectivity index (χ2n) is 5.66. The number of thiophene rings is 1. The Hall–Kier alpha value is -1.50. The molecule has 1 saturated heterocycles. The van der Waals surface area contributed by atoms with Gasteiger partial charge in [-0.25, -0.2) is 4.98 Å². The first-order chi connectivity index (χ1) is 10.8. The average Bonchev–Trinajstić information content (AvgIpc) is 3.26. The fourth-order valence-corrected chi connectivity index (χ4v) is 4.51. The van der Waals surface area contributed by atoms with E-state index in [4.69, 9.17) is 9.51 Å². The van der Waals surface area contributed by atoms with Gasteiger partial charge in [-0.15, -0.1) is 11.3 Å². The third kappa shape index (κ3) is 2.74. The summed E-state index contributed by atoms with van der Waals surface area (Å²) in [4.78, 5) is 7.24. The molecule has 1 aliphatic rings. The number of aryl methyl sites for hydroxylation is 1. The number of likely N-dealkylation sites (tertiary alicyclic amines) is 1. The first-order valence-electron chi connectivity index (χ1n) is 7.44. The van der Waals surface area contributed by atoms with E-state index in [0.717, 1.165) is 41.7 Å². The molecule has 0 N–H and O–H groups in total. The zero-order valence-electron chi connectivity index (χ0n) is 12.4. The van der Waals surface area contributed by atoms with Crippen LogP contribution in [0.5, 0.6) is 0 Å². The maximum Gasteiger partial charge on any atom is 0.154 e. The van der Waals surface area contributed by atoms with Gasteiger partial charge in [-0.3, -0.25) is 4.90 Å².